The van der Waals surface area contributed by atoms with E-state index in [0.29, 0.717) is 42.1 Å². The highest BCUT2D eigenvalue weighted by molar-refractivity contribution is 5.86. The van der Waals surface area contributed by atoms with Crippen LogP contribution in [0.3, 0.4) is 0 Å². The van der Waals surface area contributed by atoms with Crippen LogP contribution in [-0.2, 0) is 13.1 Å². The van der Waals surface area contributed by atoms with Crippen molar-refractivity contribution in [2.45, 2.75) is 65.5 Å². The van der Waals surface area contributed by atoms with Crippen molar-refractivity contribution < 1.29 is 14.4 Å². The quantitative estimate of drug-likeness (QED) is 0.246. The molecule has 0 aromatic carbocycles. The number of aryl methyl sites for hydroxylation is 1. The lowest BCUT2D eigenvalue weighted by molar-refractivity contribution is 0.179. The molecule has 1 saturated heterocycles. The van der Waals surface area contributed by atoms with Crippen molar-refractivity contribution in [3.05, 3.63) is 41.4 Å². The topological polar surface area (TPSA) is 166 Å². The van der Waals surface area contributed by atoms with Crippen LogP contribution in [-0.4, -0.2) is 78.2 Å². The molecule has 1 aliphatic rings. The number of hydrogen-bond donors (Lipinski definition) is 3. The molecule has 216 valence electrons. The summed E-state index contributed by atoms with van der Waals surface area (Å²) in [6.45, 7) is 9.80. The molecule has 4 aromatic heterocycles. The summed E-state index contributed by atoms with van der Waals surface area (Å²) in [6, 6.07) is 2.07. The number of rotatable bonds is 10. The second-order valence-electron chi connectivity index (χ2n) is 9.77. The van der Waals surface area contributed by atoms with Gasteiger partial charge in [0.2, 0.25) is 11.8 Å². The van der Waals surface area contributed by atoms with E-state index < -0.39 is 0 Å². The molecule has 0 aliphatic carbocycles. The molecule has 5 rings (SSSR count). The van der Waals surface area contributed by atoms with Gasteiger partial charge in [-0.25, -0.2) is 4.98 Å². The van der Waals surface area contributed by atoms with Crippen LogP contribution in [0, 0.1) is 6.92 Å². The third-order valence-corrected chi connectivity index (χ3v) is 6.77. The summed E-state index contributed by atoms with van der Waals surface area (Å²) in [7, 11) is 1.69. The van der Waals surface area contributed by atoms with Gasteiger partial charge in [0.25, 0.3) is 0 Å². The summed E-state index contributed by atoms with van der Waals surface area (Å²) in [4.78, 5) is 20.3. The Hall–Kier alpha value is -3.84. The lowest BCUT2D eigenvalue weighted by Crippen LogP contribution is -2.32. The maximum atomic E-state index is 7.57. The monoisotopic (exact) mass is 552 g/mol. The number of hydrogen-bond acceptors (Lipinski definition) is 12. The fraction of sp³-hybridized carbons (Fsp3) is 0.556. The van der Waals surface area contributed by atoms with E-state index in [4.69, 9.17) is 25.1 Å². The molecule has 0 unspecified atom stereocenters. The van der Waals surface area contributed by atoms with Gasteiger partial charge in [-0.3, -0.25) is 14.6 Å². The third-order valence-electron chi connectivity index (χ3n) is 6.77. The van der Waals surface area contributed by atoms with Crippen molar-refractivity contribution in [3.8, 4) is 5.75 Å². The van der Waals surface area contributed by atoms with Crippen molar-refractivity contribution >= 4 is 22.8 Å². The molecule has 13 nitrogen and oxygen atoms in total. The number of aliphatic hydroxyl groups is 1. The summed E-state index contributed by atoms with van der Waals surface area (Å²) in [5.41, 5.74) is 9.45. The first kappa shape index (κ1) is 29.2. The molecule has 40 heavy (non-hydrogen) atoms. The van der Waals surface area contributed by atoms with Crippen LogP contribution >= 0.6 is 0 Å². The van der Waals surface area contributed by atoms with E-state index >= 15 is 0 Å². The van der Waals surface area contributed by atoms with Crippen LogP contribution < -0.4 is 15.8 Å². The zero-order chi connectivity index (χ0) is 28.5. The van der Waals surface area contributed by atoms with E-state index in [1.54, 1.807) is 20.2 Å². The van der Waals surface area contributed by atoms with Gasteiger partial charge in [0.15, 0.2) is 11.6 Å². The molecule has 0 bridgehead atoms. The van der Waals surface area contributed by atoms with Gasteiger partial charge in [0, 0.05) is 42.6 Å². The van der Waals surface area contributed by atoms with Gasteiger partial charge in [-0.05, 0) is 46.2 Å². The van der Waals surface area contributed by atoms with Crippen molar-refractivity contribution in [3.63, 3.8) is 0 Å². The summed E-state index contributed by atoms with van der Waals surface area (Å²) in [5, 5.41) is 19.4. The number of unbranched alkanes of at least 4 members (excludes halogenated alkanes) is 1. The number of nitrogens with zero attached hydrogens (tertiary/aromatic N) is 8. The Morgan fingerprint density at radius 1 is 1.15 bits per heavy atom. The fourth-order valence-corrected chi connectivity index (χ4v) is 4.80. The number of likely N-dealkylation sites (tertiary alicyclic amines) is 1. The molecule has 0 amide bonds. The largest absolute Gasteiger partial charge is 0.496 e. The van der Waals surface area contributed by atoms with Crippen LogP contribution in [0.25, 0.3) is 11.0 Å². The van der Waals surface area contributed by atoms with Crippen LogP contribution in [0.15, 0.2) is 23.0 Å². The normalized spacial score (nSPS) is 14.2. The molecular weight excluding hydrogens is 512 g/mol. The van der Waals surface area contributed by atoms with Crippen LogP contribution in [0.1, 0.15) is 68.4 Å². The maximum Gasteiger partial charge on any atom is 0.240 e. The molecule has 5 heterocycles. The molecule has 0 atom stereocenters. The first-order valence-electron chi connectivity index (χ1n) is 13.8. The highest BCUT2D eigenvalue weighted by Gasteiger charge is 2.24. The minimum absolute atomic E-state index is 0.230. The second kappa shape index (κ2) is 14.0. The highest BCUT2D eigenvalue weighted by Crippen LogP contribution is 2.31. The van der Waals surface area contributed by atoms with Crippen molar-refractivity contribution in [2.75, 3.05) is 44.4 Å². The Morgan fingerprint density at radius 3 is 2.60 bits per heavy atom. The average Bonchev–Trinajstić information content (AvgIpc) is 3.55. The summed E-state index contributed by atoms with van der Waals surface area (Å²) in [6.07, 6.45) is 7.76. The van der Waals surface area contributed by atoms with Gasteiger partial charge in [0.05, 0.1) is 26.4 Å². The number of aromatic nitrogens is 7. The Bertz CT molecular complexity index is 1360. The van der Waals surface area contributed by atoms with Gasteiger partial charge in [-0.15, -0.1) is 0 Å². The molecule has 0 saturated carbocycles. The first-order valence-corrected chi connectivity index (χ1v) is 13.8. The third kappa shape index (κ3) is 7.21. The van der Waals surface area contributed by atoms with E-state index in [-0.39, 0.29) is 12.6 Å². The Labute approximate surface area is 234 Å². The van der Waals surface area contributed by atoms with Crippen molar-refractivity contribution in [1.82, 2.24) is 39.8 Å². The van der Waals surface area contributed by atoms with Gasteiger partial charge >= 0.3 is 0 Å². The first-order chi connectivity index (χ1) is 19.4. The van der Waals surface area contributed by atoms with E-state index in [2.05, 4.69) is 48.4 Å². The van der Waals surface area contributed by atoms with Gasteiger partial charge < -0.3 is 25.4 Å². The number of nitrogen functional groups attached to an aromatic ring is 1. The molecule has 4 aromatic rings. The number of nitrogens with one attached hydrogen (secondary N) is 1. The maximum absolute atomic E-state index is 7.57. The number of fused-ring (bicyclic) bond motifs is 1. The molecular formula is C27H40N10O3. The molecule has 1 aliphatic heterocycles. The van der Waals surface area contributed by atoms with Gasteiger partial charge in [-0.1, -0.05) is 18.5 Å². The molecule has 4 N–H and O–H groups in total. The fourth-order valence-electron chi connectivity index (χ4n) is 4.80. The summed E-state index contributed by atoms with van der Waals surface area (Å²) < 4.78 is 12.9. The number of methoxy groups -OCH3 is 1. The van der Waals surface area contributed by atoms with E-state index in [1.807, 2.05) is 17.8 Å². The van der Waals surface area contributed by atoms with Crippen molar-refractivity contribution in [1.29, 1.82) is 0 Å². The van der Waals surface area contributed by atoms with Crippen LogP contribution in [0.2, 0.25) is 0 Å². The standard InChI is InChI=1S/C25H34N10O2.C2H6O/c1-4-5-8-27-24-23-20(31-25(26)32-24)13-29-35(23)14-18-12-28-19(11-21(18)36-3)17-6-9-34(10-7-17)15-22-30-16(2)33-37-22;1-2-3/h11-13,17H,4-10,14-15H2,1-3H3,(H3,26,27,31,32);3H,2H2,1H3. The lowest BCUT2D eigenvalue weighted by atomic mass is 9.92. The number of piperidine rings is 1. The minimum Gasteiger partial charge on any atom is -0.496 e. The zero-order valence-electron chi connectivity index (χ0n) is 23.8. The smallest absolute Gasteiger partial charge is 0.240 e. The van der Waals surface area contributed by atoms with Crippen LogP contribution in [0.5, 0.6) is 5.75 Å². The molecule has 0 radical (unpaired) electrons. The molecule has 13 heteroatoms. The van der Waals surface area contributed by atoms with E-state index in [1.165, 1.54) is 0 Å². The lowest BCUT2D eigenvalue weighted by Gasteiger charge is -2.30. The van der Waals surface area contributed by atoms with Crippen molar-refractivity contribution in [2.24, 2.45) is 0 Å². The number of anilines is 2. The average molecular weight is 553 g/mol. The Balaban J connectivity index is 0.00000118. The minimum atomic E-state index is 0.230. The Kier molecular flexibility index (Phi) is 10.2. The number of aliphatic hydroxyl groups excluding tert-OH is 1. The Morgan fingerprint density at radius 2 is 1.93 bits per heavy atom. The zero-order valence-corrected chi connectivity index (χ0v) is 23.8. The molecule has 1 fully saturated rings. The number of nitrogens with two attached hydrogens (primary N) is 1. The predicted octanol–water partition coefficient (Wildman–Crippen LogP) is 3.14. The van der Waals surface area contributed by atoms with Gasteiger partial charge in [0.1, 0.15) is 16.8 Å². The second-order valence-corrected chi connectivity index (χ2v) is 9.77. The predicted molar refractivity (Wildman–Crippen MR) is 152 cm³/mol. The number of ether oxygens (including phenoxy) is 1. The number of pyridine rings is 1. The van der Waals surface area contributed by atoms with E-state index in [9.17, 15) is 0 Å². The molecule has 0 spiro atoms. The van der Waals surface area contributed by atoms with E-state index in [0.717, 1.165) is 67.8 Å². The summed E-state index contributed by atoms with van der Waals surface area (Å²) in [5.74, 6) is 3.44. The SMILES string of the molecule is CCCCNc1nc(N)nc2cnn(Cc3cnc(C4CCN(Cc5nc(C)no5)CC4)cc3OC)c12.CCO. The summed E-state index contributed by atoms with van der Waals surface area (Å²) >= 11 is 0. The van der Waals surface area contributed by atoms with Gasteiger partial charge in [-0.2, -0.15) is 15.1 Å². The highest BCUT2D eigenvalue weighted by atomic mass is 16.5. The van der Waals surface area contributed by atoms with Crippen LogP contribution in [0.4, 0.5) is 11.8 Å².